The summed E-state index contributed by atoms with van der Waals surface area (Å²) in [4.78, 5) is 28.8. The van der Waals surface area contributed by atoms with E-state index in [4.69, 9.17) is 9.15 Å². The van der Waals surface area contributed by atoms with E-state index in [0.29, 0.717) is 22.4 Å². The topological polar surface area (TPSA) is 107 Å². The molecule has 0 radical (unpaired) electrons. The number of aromatic nitrogens is 3. The Bertz CT molecular complexity index is 1000. The highest BCUT2D eigenvalue weighted by Gasteiger charge is 2.22. The lowest BCUT2D eigenvalue weighted by atomic mass is 10.0. The maximum absolute atomic E-state index is 12.5. The molecule has 0 saturated heterocycles. The van der Waals surface area contributed by atoms with Crippen LogP contribution in [-0.4, -0.2) is 39.4 Å². The number of amides is 1. The average Bonchev–Trinajstić information content (AvgIpc) is 3.34. The van der Waals surface area contributed by atoms with E-state index in [9.17, 15) is 9.59 Å². The molecule has 3 rings (SSSR count). The number of ether oxygens (including phenoxy) is 1. The second kappa shape index (κ2) is 10.4. The molecule has 0 aromatic carbocycles. The molecule has 8 nitrogen and oxygen atoms in total. The summed E-state index contributed by atoms with van der Waals surface area (Å²) in [5.74, 6) is 0.112. The Morgan fingerprint density at radius 1 is 1.27 bits per heavy atom. The zero-order valence-electron chi connectivity index (χ0n) is 16.9. The van der Waals surface area contributed by atoms with Crippen LogP contribution in [0.25, 0.3) is 11.5 Å². The Kier molecular flexibility index (Phi) is 7.58. The van der Waals surface area contributed by atoms with Gasteiger partial charge in [0.05, 0.1) is 17.9 Å². The van der Waals surface area contributed by atoms with Crippen LogP contribution in [0.1, 0.15) is 36.7 Å². The smallest absolute Gasteiger partial charge is 0.341 e. The largest absolute Gasteiger partial charge is 0.462 e. The van der Waals surface area contributed by atoms with Crippen molar-refractivity contribution in [1.29, 1.82) is 0 Å². The Morgan fingerprint density at radius 3 is 2.73 bits per heavy atom. The maximum atomic E-state index is 12.5. The molecule has 1 N–H and O–H groups in total. The number of carbonyl (C=O) groups excluding carboxylic acids is 2. The van der Waals surface area contributed by atoms with E-state index < -0.39 is 5.97 Å². The number of thioether (sulfide) groups is 1. The quantitative estimate of drug-likeness (QED) is 0.383. The van der Waals surface area contributed by atoms with Crippen LogP contribution >= 0.6 is 23.1 Å². The highest BCUT2D eigenvalue weighted by molar-refractivity contribution is 7.99. The fraction of sp³-hybridized carbons (Fsp3) is 0.350. The van der Waals surface area contributed by atoms with Crippen molar-refractivity contribution in [3.8, 4) is 11.5 Å². The molecule has 0 atom stereocenters. The molecule has 1 amide bonds. The van der Waals surface area contributed by atoms with Crippen molar-refractivity contribution in [2.45, 2.75) is 32.4 Å². The van der Waals surface area contributed by atoms with Crippen LogP contribution in [0.15, 0.2) is 39.5 Å². The first-order valence-corrected chi connectivity index (χ1v) is 11.3. The molecule has 158 valence electrons. The Labute approximate surface area is 182 Å². The number of thiophene rings is 1. The molecule has 0 fully saturated rings. The van der Waals surface area contributed by atoms with Crippen molar-refractivity contribution < 1.29 is 18.7 Å². The number of esters is 1. The van der Waals surface area contributed by atoms with Gasteiger partial charge in [0.2, 0.25) is 11.8 Å². The maximum Gasteiger partial charge on any atom is 0.341 e. The van der Waals surface area contributed by atoms with E-state index in [1.807, 2.05) is 5.38 Å². The predicted molar refractivity (Wildman–Crippen MR) is 116 cm³/mol. The summed E-state index contributed by atoms with van der Waals surface area (Å²) >= 11 is 2.45. The summed E-state index contributed by atoms with van der Waals surface area (Å²) in [7, 11) is 0. The van der Waals surface area contributed by atoms with Gasteiger partial charge in [-0.05, 0) is 42.3 Å². The van der Waals surface area contributed by atoms with Crippen LogP contribution in [0.3, 0.4) is 0 Å². The third kappa shape index (κ3) is 5.67. The van der Waals surface area contributed by atoms with Gasteiger partial charge >= 0.3 is 5.97 Å². The van der Waals surface area contributed by atoms with Gasteiger partial charge < -0.3 is 14.5 Å². The van der Waals surface area contributed by atoms with Crippen molar-refractivity contribution in [3.05, 3.63) is 41.0 Å². The van der Waals surface area contributed by atoms with E-state index in [1.165, 1.54) is 11.3 Å². The first kappa shape index (κ1) is 22.0. The summed E-state index contributed by atoms with van der Waals surface area (Å²) < 4.78 is 10.8. The summed E-state index contributed by atoms with van der Waals surface area (Å²) in [6, 6.07) is 3.52. The van der Waals surface area contributed by atoms with Crippen LogP contribution in [0, 0.1) is 5.92 Å². The van der Waals surface area contributed by atoms with Gasteiger partial charge in [-0.3, -0.25) is 9.78 Å². The third-order valence-corrected chi connectivity index (χ3v) is 5.65. The molecule has 10 heteroatoms. The van der Waals surface area contributed by atoms with Gasteiger partial charge in [0.1, 0.15) is 5.00 Å². The SMILES string of the molecule is CCOC(=O)c1c(CC(C)C)csc1NC(=O)CSc1nnc(-c2ccncc2)o1. The van der Waals surface area contributed by atoms with E-state index in [-0.39, 0.29) is 23.5 Å². The highest BCUT2D eigenvalue weighted by Crippen LogP contribution is 2.31. The number of rotatable bonds is 9. The molecule has 0 aliphatic heterocycles. The molecule has 3 heterocycles. The molecule has 3 aromatic heterocycles. The second-order valence-corrected chi connectivity index (χ2v) is 8.54. The normalized spacial score (nSPS) is 10.9. The summed E-state index contributed by atoms with van der Waals surface area (Å²) in [5.41, 5.74) is 2.08. The van der Waals surface area contributed by atoms with Crippen LogP contribution < -0.4 is 5.32 Å². The summed E-state index contributed by atoms with van der Waals surface area (Å²) in [6.45, 7) is 6.18. The van der Waals surface area contributed by atoms with Crippen LogP contribution in [-0.2, 0) is 16.0 Å². The van der Waals surface area contributed by atoms with Gasteiger partial charge in [-0.15, -0.1) is 21.5 Å². The van der Waals surface area contributed by atoms with Gasteiger partial charge in [0, 0.05) is 18.0 Å². The lowest BCUT2D eigenvalue weighted by Gasteiger charge is -2.09. The molecular formula is C20H22N4O4S2. The van der Waals surface area contributed by atoms with Gasteiger partial charge in [0.25, 0.3) is 5.22 Å². The van der Waals surface area contributed by atoms with E-state index >= 15 is 0 Å². The lowest BCUT2D eigenvalue weighted by Crippen LogP contribution is -2.17. The molecular weight excluding hydrogens is 424 g/mol. The van der Waals surface area contributed by atoms with Gasteiger partial charge in [-0.25, -0.2) is 4.79 Å². The molecule has 0 spiro atoms. The number of anilines is 1. The van der Waals surface area contributed by atoms with Gasteiger partial charge in [-0.1, -0.05) is 25.6 Å². The summed E-state index contributed by atoms with van der Waals surface area (Å²) in [6.07, 6.45) is 4.00. The number of hydrogen-bond acceptors (Lipinski definition) is 9. The minimum atomic E-state index is -0.420. The number of carbonyl (C=O) groups is 2. The van der Waals surface area contributed by atoms with Gasteiger partial charge in [-0.2, -0.15) is 0 Å². The minimum absolute atomic E-state index is 0.0671. The molecule has 0 saturated carbocycles. The van der Waals surface area contributed by atoms with Crippen molar-refractivity contribution in [2.75, 3.05) is 17.7 Å². The number of nitrogens with zero attached hydrogens (tertiary/aromatic N) is 3. The Morgan fingerprint density at radius 2 is 2.03 bits per heavy atom. The van der Waals surface area contributed by atoms with Crippen molar-refractivity contribution in [2.24, 2.45) is 5.92 Å². The van der Waals surface area contributed by atoms with Crippen LogP contribution in [0.4, 0.5) is 5.00 Å². The van der Waals surface area contributed by atoms with Crippen molar-refractivity contribution >= 4 is 40.0 Å². The standard InChI is InChI=1S/C20H22N4O4S2/c1-4-27-19(26)16-14(9-12(2)3)10-29-18(16)22-15(25)11-30-20-24-23-17(28-20)13-5-7-21-8-6-13/h5-8,10,12H,4,9,11H2,1-3H3,(H,22,25). The zero-order valence-corrected chi connectivity index (χ0v) is 18.5. The first-order valence-electron chi connectivity index (χ1n) is 9.42. The van der Waals surface area contributed by atoms with E-state index in [0.717, 1.165) is 29.3 Å². The molecule has 0 unspecified atom stereocenters. The highest BCUT2D eigenvalue weighted by atomic mass is 32.2. The average molecular weight is 447 g/mol. The first-order chi connectivity index (χ1) is 14.5. The number of hydrogen-bond donors (Lipinski definition) is 1. The summed E-state index contributed by atoms with van der Waals surface area (Å²) in [5, 5.41) is 13.4. The Hall–Kier alpha value is -2.72. The van der Waals surface area contributed by atoms with Crippen molar-refractivity contribution in [3.63, 3.8) is 0 Å². The van der Waals surface area contributed by atoms with Crippen molar-refractivity contribution in [1.82, 2.24) is 15.2 Å². The minimum Gasteiger partial charge on any atom is -0.462 e. The molecule has 0 aliphatic carbocycles. The monoisotopic (exact) mass is 446 g/mol. The molecule has 3 aromatic rings. The second-order valence-electron chi connectivity index (χ2n) is 6.73. The zero-order chi connectivity index (χ0) is 21.5. The fourth-order valence-corrected chi connectivity index (χ4v) is 4.21. The van der Waals surface area contributed by atoms with E-state index in [1.54, 1.807) is 31.5 Å². The number of nitrogens with one attached hydrogen (secondary N) is 1. The molecule has 0 aliphatic rings. The Balaban J connectivity index is 1.64. The lowest BCUT2D eigenvalue weighted by molar-refractivity contribution is -0.113. The van der Waals surface area contributed by atoms with Crippen LogP contribution in [0.5, 0.6) is 0 Å². The third-order valence-electron chi connectivity index (χ3n) is 3.89. The van der Waals surface area contributed by atoms with Crippen LogP contribution in [0.2, 0.25) is 0 Å². The number of pyridine rings is 1. The van der Waals surface area contributed by atoms with E-state index in [2.05, 4.69) is 34.3 Å². The van der Waals surface area contributed by atoms with Gasteiger partial charge in [0.15, 0.2) is 0 Å². The molecule has 0 bridgehead atoms. The molecule has 30 heavy (non-hydrogen) atoms. The fourth-order valence-electron chi connectivity index (χ4n) is 2.67. The predicted octanol–water partition coefficient (Wildman–Crippen LogP) is 4.30.